The van der Waals surface area contributed by atoms with Gasteiger partial charge in [0.25, 0.3) is 0 Å². The van der Waals surface area contributed by atoms with Gasteiger partial charge < -0.3 is 15.7 Å². The lowest BCUT2D eigenvalue weighted by molar-refractivity contribution is -0.116. The van der Waals surface area contributed by atoms with Gasteiger partial charge in [0, 0.05) is 6.54 Å². The van der Waals surface area contributed by atoms with Crippen LogP contribution in [-0.2, 0) is 4.79 Å². The summed E-state index contributed by atoms with van der Waals surface area (Å²) >= 11 is 0. The molecule has 0 saturated heterocycles. The Labute approximate surface area is 113 Å². The normalized spacial score (nSPS) is 12.5. The van der Waals surface area contributed by atoms with Gasteiger partial charge in [-0.1, -0.05) is 19.9 Å². The fourth-order valence-corrected chi connectivity index (χ4v) is 1.92. The van der Waals surface area contributed by atoms with E-state index in [1.54, 1.807) is 24.0 Å². The summed E-state index contributed by atoms with van der Waals surface area (Å²) in [5, 5.41) is 9.41. The lowest BCUT2D eigenvalue weighted by Crippen LogP contribution is -2.36. The molecule has 0 aromatic heterocycles. The Morgan fingerprint density at radius 2 is 2.05 bits per heavy atom. The molecule has 1 amide bonds. The molecule has 1 aromatic rings. The molecule has 1 atom stereocenters. The van der Waals surface area contributed by atoms with Crippen LogP contribution in [-0.4, -0.2) is 24.1 Å². The van der Waals surface area contributed by atoms with Gasteiger partial charge in [-0.15, -0.1) is 0 Å². The molecule has 1 rings (SSSR count). The second-order valence-corrected chi connectivity index (χ2v) is 5.13. The van der Waals surface area contributed by atoms with E-state index in [1.165, 1.54) is 6.07 Å². The minimum Gasteiger partial charge on any atom is -0.389 e. The van der Waals surface area contributed by atoms with E-state index in [2.05, 4.69) is 0 Å². The minimum atomic E-state index is -0.724. The molecule has 19 heavy (non-hydrogen) atoms. The molecular weight excluding hydrogens is 247 g/mol. The quantitative estimate of drug-likeness (QED) is 0.827. The summed E-state index contributed by atoms with van der Waals surface area (Å²) in [7, 11) is 0. The Balaban J connectivity index is 3.04. The molecule has 0 heterocycles. The number of benzene rings is 1. The van der Waals surface area contributed by atoms with Gasteiger partial charge in [-0.3, -0.25) is 4.79 Å². The average Bonchev–Trinajstić information content (AvgIpc) is 2.26. The third-order valence-electron chi connectivity index (χ3n) is 2.73. The molecule has 0 spiro atoms. The number of carbonyl (C=O) groups excluding carboxylic acids is 1. The zero-order valence-corrected chi connectivity index (χ0v) is 11.6. The maximum atomic E-state index is 14.1. The van der Waals surface area contributed by atoms with Crippen LogP contribution in [0.25, 0.3) is 0 Å². The molecule has 4 nitrogen and oxygen atoms in total. The Hall–Kier alpha value is -1.62. The van der Waals surface area contributed by atoms with Gasteiger partial charge in [-0.2, -0.15) is 0 Å². The molecule has 5 heteroatoms. The van der Waals surface area contributed by atoms with Crippen LogP contribution in [0.1, 0.15) is 32.4 Å². The molecule has 0 aliphatic carbocycles. The number of hydrogen-bond acceptors (Lipinski definition) is 3. The second-order valence-electron chi connectivity index (χ2n) is 5.13. The number of amides is 1. The van der Waals surface area contributed by atoms with Crippen LogP contribution in [0.15, 0.2) is 18.2 Å². The molecule has 1 aromatic carbocycles. The number of primary amides is 1. The van der Waals surface area contributed by atoms with Gasteiger partial charge in [-0.05, 0) is 30.5 Å². The van der Waals surface area contributed by atoms with Crippen molar-refractivity contribution in [1.82, 2.24) is 0 Å². The van der Waals surface area contributed by atoms with Crippen molar-refractivity contribution in [3.63, 3.8) is 0 Å². The third-order valence-corrected chi connectivity index (χ3v) is 2.73. The maximum absolute atomic E-state index is 14.1. The number of aliphatic hydroxyl groups excluding tert-OH is 1. The number of anilines is 1. The highest BCUT2D eigenvalue weighted by molar-refractivity contribution is 5.79. The van der Waals surface area contributed by atoms with Gasteiger partial charge >= 0.3 is 0 Å². The van der Waals surface area contributed by atoms with Crippen LogP contribution in [0, 0.1) is 11.7 Å². The summed E-state index contributed by atoms with van der Waals surface area (Å²) in [6.07, 6.45) is -0.724. The zero-order chi connectivity index (χ0) is 14.6. The minimum absolute atomic E-state index is 0.0247. The summed E-state index contributed by atoms with van der Waals surface area (Å²) in [5.41, 5.74) is 6.03. The van der Waals surface area contributed by atoms with E-state index < -0.39 is 17.8 Å². The Morgan fingerprint density at radius 3 is 2.47 bits per heavy atom. The molecule has 0 saturated carbocycles. The second kappa shape index (κ2) is 6.52. The molecule has 0 unspecified atom stereocenters. The van der Waals surface area contributed by atoms with Gasteiger partial charge in [-0.25, -0.2) is 4.39 Å². The molecule has 0 aliphatic heterocycles. The molecule has 3 N–H and O–H groups in total. The standard InChI is InChI=1S/C14H21FN2O2/c1-9(2)7-17(8-14(16)19)13-5-4-11(10(3)18)6-12(13)15/h4-6,9-10,18H,7-8H2,1-3H3,(H2,16,19)/t10-/m1/s1. The third kappa shape index (κ3) is 4.52. The highest BCUT2D eigenvalue weighted by Crippen LogP contribution is 2.24. The summed E-state index contributed by atoms with van der Waals surface area (Å²) in [6, 6.07) is 4.51. The summed E-state index contributed by atoms with van der Waals surface area (Å²) < 4.78 is 14.1. The van der Waals surface area contributed by atoms with Crippen molar-refractivity contribution >= 4 is 11.6 Å². The van der Waals surface area contributed by atoms with Crippen molar-refractivity contribution in [3.05, 3.63) is 29.6 Å². The number of carbonyl (C=O) groups is 1. The molecule has 0 fully saturated rings. The number of nitrogens with zero attached hydrogens (tertiary/aromatic N) is 1. The fraction of sp³-hybridized carbons (Fsp3) is 0.500. The van der Waals surface area contributed by atoms with E-state index in [0.717, 1.165) is 0 Å². The first-order valence-electron chi connectivity index (χ1n) is 6.32. The van der Waals surface area contributed by atoms with Crippen LogP contribution in [0.5, 0.6) is 0 Å². The summed E-state index contributed by atoms with van der Waals surface area (Å²) in [5.74, 6) is -0.685. The Bertz CT molecular complexity index is 447. The first-order valence-corrected chi connectivity index (χ1v) is 6.32. The predicted molar refractivity (Wildman–Crippen MR) is 73.3 cm³/mol. The number of halogens is 1. The van der Waals surface area contributed by atoms with Crippen LogP contribution >= 0.6 is 0 Å². The van der Waals surface area contributed by atoms with E-state index in [1.807, 2.05) is 13.8 Å². The monoisotopic (exact) mass is 268 g/mol. The van der Waals surface area contributed by atoms with E-state index in [0.29, 0.717) is 17.8 Å². The summed E-state index contributed by atoms with van der Waals surface area (Å²) in [6.45, 7) is 6.05. The Morgan fingerprint density at radius 1 is 1.42 bits per heavy atom. The van der Waals surface area contributed by atoms with Crippen molar-refractivity contribution in [1.29, 1.82) is 0 Å². The number of nitrogens with two attached hydrogens (primary N) is 1. The largest absolute Gasteiger partial charge is 0.389 e. The molecule has 0 bridgehead atoms. The fourth-order valence-electron chi connectivity index (χ4n) is 1.92. The lowest BCUT2D eigenvalue weighted by Gasteiger charge is -2.26. The highest BCUT2D eigenvalue weighted by atomic mass is 19.1. The van der Waals surface area contributed by atoms with E-state index in [4.69, 9.17) is 5.73 Å². The van der Waals surface area contributed by atoms with Crippen LogP contribution in [0.3, 0.4) is 0 Å². The van der Waals surface area contributed by atoms with Crippen molar-refractivity contribution in [3.8, 4) is 0 Å². The molecular formula is C14H21FN2O2. The first-order chi connectivity index (χ1) is 8.81. The van der Waals surface area contributed by atoms with Crippen molar-refractivity contribution in [2.45, 2.75) is 26.9 Å². The Kier molecular flexibility index (Phi) is 5.30. The number of rotatable bonds is 6. The van der Waals surface area contributed by atoms with Gasteiger partial charge in [0.1, 0.15) is 5.82 Å². The smallest absolute Gasteiger partial charge is 0.236 e. The highest BCUT2D eigenvalue weighted by Gasteiger charge is 2.16. The van der Waals surface area contributed by atoms with Gasteiger partial charge in [0.2, 0.25) is 5.91 Å². The van der Waals surface area contributed by atoms with Crippen molar-refractivity contribution < 1.29 is 14.3 Å². The number of aliphatic hydroxyl groups is 1. The zero-order valence-electron chi connectivity index (χ0n) is 11.6. The van der Waals surface area contributed by atoms with E-state index in [-0.39, 0.29) is 12.5 Å². The predicted octanol–water partition coefficient (Wildman–Crippen LogP) is 1.83. The van der Waals surface area contributed by atoms with Crippen LogP contribution in [0.2, 0.25) is 0 Å². The number of hydrogen-bond donors (Lipinski definition) is 2. The van der Waals surface area contributed by atoms with E-state index in [9.17, 15) is 14.3 Å². The topological polar surface area (TPSA) is 66.6 Å². The molecule has 0 radical (unpaired) electrons. The van der Waals surface area contributed by atoms with E-state index >= 15 is 0 Å². The average molecular weight is 268 g/mol. The molecule has 106 valence electrons. The van der Waals surface area contributed by atoms with Crippen molar-refractivity contribution in [2.75, 3.05) is 18.0 Å². The SMILES string of the molecule is CC(C)CN(CC(N)=O)c1ccc([C@@H](C)O)cc1F. The maximum Gasteiger partial charge on any atom is 0.236 e. The van der Waals surface area contributed by atoms with Gasteiger partial charge in [0.05, 0.1) is 18.3 Å². The van der Waals surface area contributed by atoms with Gasteiger partial charge in [0.15, 0.2) is 0 Å². The van der Waals surface area contributed by atoms with Crippen LogP contribution < -0.4 is 10.6 Å². The van der Waals surface area contributed by atoms with Crippen LogP contribution in [0.4, 0.5) is 10.1 Å². The molecule has 0 aliphatic rings. The lowest BCUT2D eigenvalue weighted by atomic mass is 10.1. The van der Waals surface area contributed by atoms with Crippen molar-refractivity contribution in [2.24, 2.45) is 11.7 Å². The summed E-state index contributed by atoms with van der Waals surface area (Å²) in [4.78, 5) is 12.7. The first kappa shape index (κ1) is 15.4.